The van der Waals surface area contributed by atoms with Crippen molar-refractivity contribution in [3.05, 3.63) is 0 Å². The third kappa shape index (κ3) is 3.88. The number of esters is 1. The Hall–Kier alpha value is -0.220. The molecule has 4 heteroatoms. The monoisotopic (exact) mass is 259 g/mol. The maximum absolute atomic E-state index is 12.0. The molecule has 3 nitrogen and oxygen atoms in total. The molecule has 0 aromatic rings. The summed E-state index contributed by atoms with van der Waals surface area (Å²) in [7, 11) is 1.48. The van der Waals surface area contributed by atoms with Gasteiger partial charge in [0.15, 0.2) is 0 Å². The van der Waals surface area contributed by atoms with Crippen molar-refractivity contribution in [2.75, 3.05) is 12.9 Å². The largest absolute Gasteiger partial charge is 0.468 e. The van der Waals surface area contributed by atoms with E-state index in [1.165, 1.54) is 19.3 Å². The Bertz CT molecular complexity index is 258. The van der Waals surface area contributed by atoms with Crippen molar-refractivity contribution < 1.29 is 9.53 Å². The summed E-state index contributed by atoms with van der Waals surface area (Å²) in [6.07, 6.45) is 4.12. The Morgan fingerprint density at radius 3 is 2.82 bits per heavy atom. The second-order valence-corrected chi connectivity index (χ2v) is 6.52. The van der Waals surface area contributed by atoms with Crippen molar-refractivity contribution in [1.82, 2.24) is 5.32 Å². The fourth-order valence-electron chi connectivity index (χ4n) is 2.55. The molecule has 0 aromatic carbocycles. The van der Waals surface area contributed by atoms with Gasteiger partial charge >= 0.3 is 5.97 Å². The van der Waals surface area contributed by atoms with E-state index >= 15 is 0 Å². The van der Waals surface area contributed by atoms with E-state index in [1.807, 2.05) is 11.8 Å². The van der Waals surface area contributed by atoms with E-state index in [0.717, 1.165) is 19.3 Å². The summed E-state index contributed by atoms with van der Waals surface area (Å²) in [5, 5.41) is 4.02. The average molecular weight is 259 g/mol. The van der Waals surface area contributed by atoms with Crippen molar-refractivity contribution in [3.8, 4) is 0 Å². The first-order chi connectivity index (χ1) is 8.04. The lowest BCUT2D eigenvalue weighted by Crippen LogP contribution is -2.53. The van der Waals surface area contributed by atoms with Crippen LogP contribution in [0.15, 0.2) is 0 Å². The molecule has 0 bridgehead atoms. The number of carbonyl (C=O) groups is 1. The number of methoxy groups -OCH3 is 1. The van der Waals surface area contributed by atoms with Gasteiger partial charge < -0.3 is 4.74 Å². The van der Waals surface area contributed by atoms with Crippen LogP contribution in [0, 0.1) is 0 Å². The van der Waals surface area contributed by atoms with Gasteiger partial charge in [0.25, 0.3) is 0 Å². The van der Waals surface area contributed by atoms with E-state index in [4.69, 9.17) is 4.74 Å². The summed E-state index contributed by atoms with van der Waals surface area (Å²) in [5.41, 5.74) is -0.436. The van der Waals surface area contributed by atoms with Crippen LogP contribution in [0.4, 0.5) is 0 Å². The van der Waals surface area contributed by atoms with E-state index in [-0.39, 0.29) is 5.97 Å². The van der Waals surface area contributed by atoms with Crippen molar-refractivity contribution in [3.63, 3.8) is 0 Å². The molecular weight excluding hydrogens is 234 g/mol. The molecule has 1 saturated carbocycles. The molecule has 1 aliphatic carbocycles. The van der Waals surface area contributed by atoms with E-state index in [1.54, 1.807) is 0 Å². The Balaban J connectivity index is 2.64. The summed E-state index contributed by atoms with van der Waals surface area (Å²) in [5.74, 6) is 1.09. The molecule has 0 heterocycles. The molecule has 0 radical (unpaired) electrons. The standard InChI is InChI=1S/C13H25NO2S/c1-5-8-17-11-6-7-13(9-11,12(15)16-4)14-10(2)3/h10-11,14H,5-9H2,1-4H3. The van der Waals surface area contributed by atoms with Crippen LogP contribution in [0.3, 0.4) is 0 Å². The molecule has 1 aliphatic rings. The lowest BCUT2D eigenvalue weighted by atomic mass is 9.97. The number of nitrogens with one attached hydrogen (secondary N) is 1. The molecule has 0 aromatic heterocycles. The molecule has 2 atom stereocenters. The molecule has 1 N–H and O–H groups in total. The van der Waals surface area contributed by atoms with Gasteiger partial charge in [-0.3, -0.25) is 10.1 Å². The normalized spacial score (nSPS) is 28.6. The molecule has 0 amide bonds. The fourth-order valence-corrected chi connectivity index (χ4v) is 3.81. The van der Waals surface area contributed by atoms with Crippen LogP contribution in [0.2, 0.25) is 0 Å². The zero-order valence-electron chi connectivity index (χ0n) is 11.4. The Morgan fingerprint density at radius 2 is 2.29 bits per heavy atom. The Morgan fingerprint density at radius 1 is 1.59 bits per heavy atom. The van der Waals surface area contributed by atoms with E-state index in [9.17, 15) is 4.79 Å². The van der Waals surface area contributed by atoms with E-state index < -0.39 is 5.54 Å². The molecule has 1 fully saturated rings. The lowest BCUT2D eigenvalue weighted by molar-refractivity contribution is -0.148. The molecule has 0 aliphatic heterocycles. The van der Waals surface area contributed by atoms with Crippen LogP contribution < -0.4 is 5.32 Å². The second kappa shape index (κ2) is 6.64. The fraction of sp³-hybridized carbons (Fsp3) is 0.923. The molecular formula is C13H25NO2S. The number of hydrogen-bond donors (Lipinski definition) is 1. The van der Waals surface area contributed by atoms with Crippen molar-refractivity contribution in [2.45, 2.75) is 63.3 Å². The van der Waals surface area contributed by atoms with Gasteiger partial charge in [-0.2, -0.15) is 11.8 Å². The van der Waals surface area contributed by atoms with Crippen molar-refractivity contribution in [1.29, 1.82) is 0 Å². The minimum Gasteiger partial charge on any atom is -0.468 e. The predicted molar refractivity (Wildman–Crippen MR) is 73.4 cm³/mol. The Kier molecular flexibility index (Phi) is 5.80. The zero-order valence-corrected chi connectivity index (χ0v) is 12.2. The van der Waals surface area contributed by atoms with Gasteiger partial charge in [0, 0.05) is 11.3 Å². The van der Waals surface area contributed by atoms with Crippen molar-refractivity contribution >= 4 is 17.7 Å². The predicted octanol–water partition coefficient (Wildman–Crippen LogP) is 2.59. The van der Waals surface area contributed by atoms with Crippen LogP contribution in [0.1, 0.15) is 46.5 Å². The highest BCUT2D eigenvalue weighted by atomic mass is 32.2. The molecule has 1 rings (SSSR count). The summed E-state index contributed by atoms with van der Waals surface area (Å²) in [6, 6.07) is 0.309. The van der Waals surface area contributed by atoms with Crippen molar-refractivity contribution in [2.24, 2.45) is 0 Å². The average Bonchev–Trinajstić information content (AvgIpc) is 2.69. The molecule has 100 valence electrons. The lowest BCUT2D eigenvalue weighted by Gasteiger charge is -2.30. The van der Waals surface area contributed by atoms with Gasteiger partial charge in [0.2, 0.25) is 0 Å². The maximum atomic E-state index is 12.0. The number of hydrogen-bond acceptors (Lipinski definition) is 4. The highest BCUT2D eigenvalue weighted by molar-refractivity contribution is 7.99. The third-order valence-corrected chi connectivity index (χ3v) is 4.69. The summed E-state index contributed by atoms with van der Waals surface area (Å²) >= 11 is 1.99. The maximum Gasteiger partial charge on any atom is 0.326 e. The van der Waals surface area contributed by atoms with Gasteiger partial charge in [-0.25, -0.2) is 0 Å². The van der Waals surface area contributed by atoms with Gasteiger partial charge in [0.1, 0.15) is 5.54 Å². The highest BCUT2D eigenvalue weighted by Crippen LogP contribution is 2.38. The first-order valence-electron chi connectivity index (χ1n) is 6.51. The van der Waals surface area contributed by atoms with Crippen LogP contribution in [0.5, 0.6) is 0 Å². The number of carbonyl (C=O) groups excluding carboxylic acids is 1. The van der Waals surface area contributed by atoms with Crippen LogP contribution in [0.25, 0.3) is 0 Å². The minimum absolute atomic E-state index is 0.0919. The topological polar surface area (TPSA) is 38.3 Å². The first kappa shape index (κ1) is 14.8. The number of thioether (sulfide) groups is 1. The van der Waals surface area contributed by atoms with Gasteiger partial charge in [-0.15, -0.1) is 0 Å². The van der Waals surface area contributed by atoms with Crippen LogP contribution >= 0.6 is 11.8 Å². The van der Waals surface area contributed by atoms with Crippen LogP contribution in [-0.4, -0.2) is 35.7 Å². The van der Waals surface area contributed by atoms with E-state index in [2.05, 4.69) is 26.1 Å². The van der Waals surface area contributed by atoms with Gasteiger partial charge in [-0.1, -0.05) is 6.92 Å². The molecule has 17 heavy (non-hydrogen) atoms. The molecule has 0 spiro atoms. The summed E-state index contributed by atoms with van der Waals surface area (Å²) in [4.78, 5) is 12.0. The zero-order chi connectivity index (χ0) is 12.9. The number of rotatable bonds is 6. The molecule has 2 unspecified atom stereocenters. The van der Waals surface area contributed by atoms with E-state index in [0.29, 0.717) is 11.3 Å². The quantitative estimate of drug-likeness (QED) is 0.744. The SMILES string of the molecule is CCCSC1CCC(NC(C)C)(C(=O)OC)C1. The van der Waals surface area contributed by atoms with Crippen LogP contribution in [-0.2, 0) is 9.53 Å². The first-order valence-corrected chi connectivity index (χ1v) is 7.56. The molecule has 0 saturated heterocycles. The summed E-state index contributed by atoms with van der Waals surface area (Å²) in [6.45, 7) is 6.36. The minimum atomic E-state index is -0.436. The second-order valence-electron chi connectivity index (χ2n) is 5.11. The number of ether oxygens (including phenoxy) is 1. The summed E-state index contributed by atoms with van der Waals surface area (Å²) < 4.78 is 4.98. The smallest absolute Gasteiger partial charge is 0.326 e. The van der Waals surface area contributed by atoms with Gasteiger partial charge in [-0.05, 0) is 45.3 Å². The third-order valence-electron chi connectivity index (χ3n) is 3.17. The van der Waals surface area contributed by atoms with Gasteiger partial charge in [0.05, 0.1) is 7.11 Å². The highest BCUT2D eigenvalue weighted by Gasteiger charge is 2.46. The Labute approximate surface area is 109 Å².